The summed E-state index contributed by atoms with van der Waals surface area (Å²) in [6.45, 7) is 0. The second kappa shape index (κ2) is 6.40. The van der Waals surface area contributed by atoms with Gasteiger partial charge in [0.2, 0.25) is 0 Å². The summed E-state index contributed by atoms with van der Waals surface area (Å²) in [6, 6.07) is 3.64. The van der Waals surface area contributed by atoms with Crippen molar-refractivity contribution in [2.45, 2.75) is 12.5 Å². The maximum Gasteiger partial charge on any atom is 0.326 e. The van der Waals surface area contributed by atoms with Gasteiger partial charge >= 0.3 is 5.97 Å². The highest BCUT2D eigenvalue weighted by Gasteiger charge is 2.22. The number of hydrogen-bond acceptors (Lipinski definition) is 4. The van der Waals surface area contributed by atoms with Crippen molar-refractivity contribution in [1.82, 2.24) is 15.3 Å². The normalized spacial score (nSPS) is 11.9. The number of carbonyl (C=O) groups excluding carboxylic acids is 1. The van der Waals surface area contributed by atoms with Crippen molar-refractivity contribution in [3.63, 3.8) is 0 Å². The molecular formula is C13H13BrN4O3. The van der Waals surface area contributed by atoms with Crippen LogP contribution in [0.15, 0.2) is 35.2 Å². The molecule has 1 aromatic heterocycles. The topological polar surface area (TPSA) is 121 Å². The highest BCUT2D eigenvalue weighted by molar-refractivity contribution is 9.10. The lowest BCUT2D eigenvalue weighted by atomic mass is 10.1. The minimum absolute atomic E-state index is 0.116. The zero-order valence-corrected chi connectivity index (χ0v) is 12.4. The Hall–Kier alpha value is -2.35. The number of carboxylic acids is 1. The number of H-pyrrole nitrogens is 1. The fraction of sp³-hybridized carbons (Fsp3) is 0.154. The molecule has 1 unspecified atom stereocenters. The molecule has 0 radical (unpaired) electrons. The number of imidazole rings is 1. The van der Waals surface area contributed by atoms with E-state index in [4.69, 9.17) is 5.73 Å². The van der Waals surface area contributed by atoms with E-state index in [1.165, 1.54) is 18.6 Å². The van der Waals surface area contributed by atoms with Gasteiger partial charge in [-0.2, -0.15) is 0 Å². The van der Waals surface area contributed by atoms with E-state index < -0.39 is 17.9 Å². The predicted octanol–water partition coefficient (Wildman–Crippen LogP) is 1.18. The number of aromatic nitrogens is 2. The average Bonchev–Trinajstić information content (AvgIpc) is 2.89. The Kier molecular flexibility index (Phi) is 4.59. The van der Waals surface area contributed by atoms with Crippen LogP contribution in [-0.2, 0) is 11.2 Å². The lowest BCUT2D eigenvalue weighted by Gasteiger charge is -2.14. The molecule has 5 N–H and O–H groups in total. The maximum absolute atomic E-state index is 12.1. The number of carboxylic acid groups (broad SMARTS) is 1. The monoisotopic (exact) mass is 352 g/mol. The van der Waals surface area contributed by atoms with Crippen LogP contribution in [-0.4, -0.2) is 33.0 Å². The van der Waals surface area contributed by atoms with Gasteiger partial charge in [-0.15, -0.1) is 0 Å². The highest BCUT2D eigenvalue weighted by atomic mass is 79.9. The first-order valence-corrected chi connectivity index (χ1v) is 6.82. The van der Waals surface area contributed by atoms with Crippen molar-refractivity contribution in [3.05, 3.63) is 46.5 Å². The summed E-state index contributed by atoms with van der Waals surface area (Å²) in [5.41, 5.74) is 6.98. The van der Waals surface area contributed by atoms with Gasteiger partial charge in [0.1, 0.15) is 6.04 Å². The van der Waals surface area contributed by atoms with Crippen LogP contribution in [0.3, 0.4) is 0 Å². The van der Waals surface area contributed by atoms with Crippen molar-refractivity contribution < 1.29 is 14.7 Å². The Labute approximate surface area is 128 Å². The number of hydrogen-bond donors (Lipinski definition) is 4. The van der Waals surface area contributed by atoms with Crippen molar-refractivity contribution in [2.75, 3.05) is 5.73 Å². The average molecular weight is 353 g/mol. The molecule has 2 rings (SSSR count). The van der Waals surface area contributed by atoms with Crippen molar-refractivity contribution in [2.24, 2.45) is 0 Å². The summed E-state index contributed by atoms with van der Waals surface area (Å²) in [5, 5.41) is 11.7. The summed E-state index contributed by atoms with van der Waals surface area (Å²) in [5.74, 6) is -1.63. The number of nitrogens with one attached hydrogen (secondary N) is 2. The number of aromatic amines is 1. The summed E-state index contributed by atoms with van der Waals surface area (Å²) in [6.07, 6.45) is 3.08. The number of anilines is 1. The Morgan fingerprint density at radius 3 is 2.76 bits per heavy atom. The lowest BCUT2D eigenvalue weighted by Crippen LogP contribution is -2.42. The second-order valence-electron chi connectivity index (χ2n) is 4.42. The molecule has 8 heteroatoms. The van der Waals surface area contributed by atoms with Crippen LogP contribution in [0, 0.1) is 0 Å². The molecule has 0 fully saturated rings. The Morgan fingerprint density at radius 1 is 1.43 bits per heavy atom. The fourth-order valence-corrected chi connectivity index (χ4v) is 2.31. The Morgan fingerprint density at radius 2 is 2.19 bits per heavy atom. The lowest BCUT2D eigenvalue weighted by molar-refractivity contribution is -0.139. The molecule has 2 aromatic rings. The van der Waals surface area contributed by atoms with E-state index in [2.05, 4.69) is 31.2 Å². The largest absolute Gasteiger partial charge is 0.480 e. The number of nitrogens with zero attached hydrogens (tertiary/aromatic N) is 1. The van der Waals surface area contributed by atoms with Gasteiger partial charge in [0.05, 0.1) is 6.33 Å². The molecule has 0 saturated carbocycles. The van der Waals surface area contributed by atoms with Gasteiger partial charge in [0.25, 0.3) is 5.91 Å². The van der Waals surface area contributed by atoms with E-state index in [1.807, 2.05) is 0 Å². The number of halogens is 1. The molecule has 21 heavy (non-hydrogen) atoms. The van der Waals surface area contributed by atoms with Crippen molar-refractivity contribution in [3.8, 4) is 0 Å². The van der Waals surface area contributed by atoms with E-state index in [0.29, 0.717) is 15.9 Å². The standard InChI is InChI=1S/C13H13BrN4O3/c14-8-1-7(2-9(15)3-8)12(19)18-11(13(20)21)4-10-5-16-6-17-10/h1-3,5-6,11H,4,15H2,(H,16,17)(H,18,19)(H,20,21). The molecule has 1 atom stereocenters. The van der Waals surface area contributed by atoms with Gasteiger partial charge < -0.3 is 21.1 Å². The molecule has 0 spiro atoms. The van der Waals surface area contributed by atoms with Crippen LogP contribution in [0.25, 0.3) is 0 Å². The molecule has 0 saturated heterocycles. The smallest absolute Gasteiger partial charge is 0.326 e. The van der Waals surface area contributed by atoms with Gasteiger partial charge in [0.15, 0.2) is 0 Å². The molecule has 0 aliphatic carbocycles. The van der Waals surface area contributed by atoms with Crippen LogP contribution >= 0.6 is 15.9 Å². The first kappa shape index (κ1) is 15.0. The quantitative estimate of drug-likeness (QED) is 0.602. The number of nitrogens with two attached hydrogens (primary N) is 1. The molecule has 7 nitrogen and oxygen atoms in total. The van der Waals surface area contributed by atoms with Crippen LogP contribution in [0.2, 0.25) is 0 Å². The number of aliphatic carboxylic acids is 1. The van der Waals surface area contributed by atoms with E-state index >= 15 is 0 Å². The first-order valence-electron chi connectivity index (χ1n) is 6.02. The van der Waals surface area contributed by atoms with Crippen LogP contribution < -0.4 is 11.1 Å². The molecule has 0 bridgehead atoms. The van der Waals surface area contributed by atoms with E-state index in [-0.39, 0.29) is 12.0 Å². The van der Waals surface area contributed by atoms with Gasteiger partial charge in [-0.1, -0.05) is 15.9 Å². The number of rotatable bonds is 5. The van der Waals surface area contributed by atoms with Gasteiger partial charge in [-0.3, -0.25) is 4.79 Å². The van der Waals surface area contributed by atoms with Crippen molar-refractivity contribution in [1.29, 1.82) is 0 Å². The summed E-state index contributed by atoms with van der Waals surface area (Å²) in [7, 11) is 0. The first-order chi connectivity index (χ1) is 9.95. The zero-order chi connectivity index (χ0) is 15.4. The van der Waals surface area contributed by atoms with Gasteiger partial charge in [0, 0.05) is 34.0 Å². The Bertz CT molecular complexity index is 637. The summed E-state index contributed by atoms with van der Waals surface area (Å²) >= 11 is 3.24. The summed E-state index contributed by atoms with van der Waals surface area (Å²) < 4.78 is 0.646. The van der Waals surface area contributed by atoms with Crippen molar-refractivity contribution >= 4 is 33.5 Å². The number of benzene rings is 1. The molecule has 1 amide bonds. The molecule has 1 aromatic carbocycles. The molecule has 0 aliphatic heterocycles. The zero-order valence-electron chi connectivity index (χ0n) is 10.8. The van der Waals surface area contributed by atoms with Crippen LogP contribution in [0.5, 0.6) is 0 Å². The fourth-order valence-electron chi connectivity index (χ4n) is 1.80. The number of amides is 1. The number of carbonyl (C=O) groups is 2. The predicted molar refractivity (Wildman–Crippen MR) is 79.7 cm³/mol. The third-order valence-corrected chi connectivity index (χ3v) is 3.22. The van der Waals surface area contributed by atoms with E-state index in [9.17, 15) is 14.7 Å². The summed E-state index contributed by atoms with van der Waals surface area (Å²) in [4.78, 5) is 30.0. The third-order valence-electron chi connectivity index (χ3n) is 2.76. The van der Waals surface area contributed by atoms with E-state index in [1.54, 1.807) is 12.1 Å². The van der Waals surface area contributed by atoms with E-state index in [0.717, 1.165) is 0 Å². The van der Waals surface area contributed by atoms with Crippen LogP contribution in [0.4, 0.5) is 5.69 Å². The molecule has 1 heterocycles. The molecule has 0 aliphatic rings. The maximum atomic E-state index is 12.1. The Balaban J connectivity index is 2.12. The minimum atomic E-state index is -1.12. The van der Waals surface area contributed by atoms with Gasteiger partial charge in [-0.25, -0.2) is 9.78 Å². The van der Waals surface area contributed by atoms with Gasteiger partial charge in [-0.05, 0) is 18.2 Å². The second-order valence-corrected chi connectivity index (χ2v) is 5.33. The minimum Gasteiger partial charge on any atom is -0.480 e. The SMILES string of the molecule is Nc1cc(Br)cc(C(=O)NC(Cc2cnc[nH]2)C(=O)O)c1. The third kappa shape index (κ3) is 4.06. The van der Waals surface area contributed by atoms with Crippen LogP contribution in [0.1, 0.15) is 16.1 Å². The number of nitrogen functional groups attached to an aromatic ring is 1. The highest BCUT2D eigenvalue weighted by Crippen LogP contribution is 2.17. The molecular weight excluding hydrogens is 340 g/mol. The molecule has 110 valence electrons.